The van der Waals surface area contributed by atoms with Crippen molar-refractivity contribution in [3.63, 3.8) is 0 Å². The minimum atomic E-state index is -0.687. The maximum absolute atomic E-state index is 12.8. The van der Waals surface area contributed by atoms with Gasteiger partial charge in [-0.15, -0.1) is 11.3 Å². The highest BCUT2D eigenvalue weighted by Gasteiger charge is 2.27. The fraction of sp³-hybridized carbons (Fsp3) is 0.105. The Kier molecular flexibility index (Phi) is 6.26. The summed E-state index contributed by atoms with van der Waals surface area (Å²) in [6.45, 7) is 1.58. The van der Waals surface area contributed by atoms with Gasteiger partial charge in [-0.25, -0.2) is 4.79 Å². The molecule has 0 fully saturated rings. The molecule has 0 saturated heterocycles. The molecule has 3 aromatic rings. The van der Waals surface area contributed by atoms with Crippen LogP contribution in [0.25, 0.3) is 0 Å². The molecule has 0 atom stereocenters. The number of amides is 2. The van der Waals surface area contributed by atoms with Crippen molar-refractivity contribution in [1.82, 2.24) is 0 Å². The lowest BCUT2D eigenvalue weighted by Crippen LogP contribution is -2.14. The van der Waals surface area contributed by atoms with Gasteiger partial charge in [-0.05, 0) is 42.8 Å². The molecule has 29 heavy (non-hydrogen) atoms. The second-order valence-corrected chi connectivity index (χ2v) is 7.63. The Morgan fingerprint density at radius 3 is 2.52 bits per heavy atom. The Labute approximate surface area is 179 Å². The van der Waals surface area contributed by atoms with E-state index < -0.39 is 17.8 Å². The van der Waals surface area contributed by atoms with E-state index in [1.807, 2.05) is 0 Å². The Bertz CT molecular complexity index is 1090. The molecular formula is C19H14Cl2N2O5S. The molecule has 0 radical (unpaired) electrons. The molecule has 10 heteroatoms. The van der Waals surface area contributed by atoms with E-state index in [9.17, 15) is 14.4 Å². The first-order chi connectivity index (χ1) is 13.8. The van der Waals surface area contributed by atoms with Crippen LogP contribution in [0.5, 0.6) is 0 Å². The summed E-state index contributed by atoms with van der Waals surface area (Å²) in [5, 5.41) is 6.11. The van der Waals surface area contributed by atoms with Crippen LogP contribution >= 0.6 is 34.5 Å². The first kappa shape index (κ1) is 20.9. The number of anilines is 2. The van der Waals surface area contributed by atoms with Gasteiger partial charge in [-0.3, -0.25) is 9.59 Å². The zero-order valence-corrected chi connectivity index (χ0v) is 17.5. The van der Waals surface area contributed by atoms with Crippen LogP contribution in [0.4, 0.5) is 10.7 Å². The molecule has 1 aromatic carbocycles. The van der Waals surface area contributed by atoms with E-state index in [0.29, 0.717) is 21.3 Å². The van der Waals surface area contributed by atoms with Crippen molar-refractivity contribution in [2.45, 2.75) is 6.92 Å². The van der Waals surface area contributed by atoms with Crippen molar-refractivity contribution >= 4 is 63.0 Å². The molecule has 2 N–H and O–H groups in total. The van der Waals surface area contributed by atoms with E-state index in [1.165, 1.54) is 25.5 Å². The third-order valence-electron chi connectivity index (χ3n) is 3.89. The lowest BCUT2D eigenvalue weighted by atomic mass is 10.1. The smallest absolute Gasteiger partial charge is 0.341 e. The van der Waals surface area contributed by atoms with Gasteiger partial charge in [-0.2, -0.15) is 0 Å². The van der Waals surface area contributed by atoms with Crippen molar-refractivity contribution in [1.29, 1.82) is 0 Å². The molecule has 150 valence electrons. The van der Waals surface area contributed by atoms with Crippen molar-refractivity contribution in [3.05, 3.63) is 68.4 Å². The maximum Gasteiger partial charge on any atom is 0.341 e. The quantitative estimate of drug-likeness (QED) is 0.515. The fourth-order valence-electron chi connectivity index (χ4n) is 2.51. The van der Waals surface area contributed by atoms with Crippen LogP contribution < -0.4 is 10.6 Å². The average Bonchev–Trinajstić information content (AvgIpc) is 3.32. The molecule has 2 amide bonds. The second-order valence-electron chi connectivity index (χ2n) is 5.76. The number of nitrogens with one attached hydrogen (secondary N) is 2. The largest absolute Gasteiger partial charge is 0.465 e. The molecule has 7 nitrogen and oxygen atoms in total. The highest BCUT2D eigenvalue weighted by atomic mass is 35.5. The van der Waals surface area contributed by atoms with E-state index in [2.05, 4.69) is 10.6 Å². The van der Waals surface area contributed by atoms with Crippen LogP contribution in [0.15, 0.2) is 41.0 Å². The van der Waals surface area contributed by atoms with Crippen LogP contribution in [0.2, 0.25) is 10.0 Å². The minimum absolute atomic E-state index is 0.0589. The van der Waals surface area contributed by atoms with Crippen molar-refractivity contribution in [2.75, 3.05) is 17.7 Å². The van der Waals surface area contributed by atoms with E-state index in [1.54, 1.807) is 25.1 Å². The van der Waals surface area contributed by atoms with Gasteiger partial charge in [-0.1, -0.05) is 23.2 Å². The zero-order chi connectivity index (χ0) is 21.1. The number of benzene rings is 1. The Morgan fingerprint density at radius 1 is 1.10 bits per heavy atom. The summed E-state index contributed by atoms with van der Waals surface area (Å²) >= 11 is 13.0. The number of hydrogen-bond acceptors (Lipinski definition) is 6. The zero-order valence-electron chi connectivity index (χ0n) is 15.2. The van der Waals surface area contributed by atoms with Gasteiger partial charge in [0.05, 0.1) is 34.5 Å². The average molecular weight is 453 g/mol. The number of hydrogen-bond donors (Lipinski definition) is 2. The van der Waals surface area contributed by atoms with E-state index in [-0.39, 0.29) is 21.2 Å². The Hall–Kier alpha value is -2.81. The van der Waals surface area contributed by atoms with Gasteiger partial charge in [0.25, 0.3) is 11.8 Å². The number of methoxy groups -OCH3 is 1. The molecule has 0 aliphatic heterocycles. The van der Waals surface area contributed by atoms with Crippen molar-refractivity contribution < 1.29 is 23.5 Å². The number of rotatable bonds is 5. The predicted molar refractivity (Wildman–Crippen MR) is 111 cm³/mol. The topological polar surface area (TPSA) is 97.6 Å². The molecule has 3 rings (SSSR count). The summed E-state index contributed by atoms with van der Waals surface area (Å²) in [7, 11) is 1.21. The number of thiophene rings is 1. The van der Waals surface area contributed by atoms with Crippen LogP contribution in [-0.4, -0.2) is 24.9 Å². The van der Waals surface area contributed by atoms with Crippen LogP contribution in [0.3, 0.4) is 0 Å². The molecule has 0 bridgehead atoms. The number of esters is 1. The van der Waals surface area contributed by atoms with Gasteiger partial charge in [0.15, 0.2) is 5.76 Å². The Morgan fingerprint density at radius 2 is 1.86 bits per heavy atom. The minimum Gasteiger partial charge on any atom is -0.465 e. The van der Waals surface area contributed by atoms with E-state index in [4.69, 9.17) is 32.4 Å². The molecule has 0 saturated carbocycles. The SMILES string of the molecule is COC(=O)c1c(NC(=O)c2ccco2)sc(C(=O)Nc2cc(Cl)ccc2Cl)c1C. The van der Waals surface area contributed by atoms with Gasteiger partial charge in [0.2, 0.25) is 0 Å². The van der Waals surface area contributed by atoms with Gasteiger partial charge in [0.1, 0.15) is 5.00 Å². The van der Waals surface area contributed by atoms with Crippen molar-refractivity contribution in [2.24, 2.45) is 0 Å². The molecular weight excluding hydrogens is 439 g/mol. The summed E-state index contributed by atoms with van der Waals surface area (Å²) < 4.78 is 9.85. The highest BCUT2D eigenvalue weighted by Crippen LogP contribution is 2.35. The summed E-state index contributed by atoms with van der Waals surface area (Å²) in [6, 6.07) is 7.68. The fourth-order valence-corrected chi connectivity index (χ4v) is 3.93. The van der Waals surface area contributed by atoms with Crippen molar-refractivity contribution in [3.8, 4) is 0 Å². The Balaban J connectivity index is 1.95. The van der Waals surface area contributed by atoms with Gasteiger partial charge >= 0.3 is 5.97 Å². The number of carbonyl (C=O) groups excluding carboxylic acids is 3. The first-order valence-corrected chi connectivity index (χ1v) is 9.72. The molecule has 0 aliphatic rings. The van der Waals surface area contributed by atoms with Crippen LogP contribution in [-0.2, 0) is 4.74 Å². The number of carbonyl (C=O) groups is 3. The third kappa shape index (κ3) is 4.45. The van der Waals surface area contributed by atoms with Gasteiger partial charge in [0, 0.05) is 5.02 Å². The van der Waals surface area contributed by atoms with Crippen LogP contribution in [0.1, 0.15) is 36.1 Å². The monoisotopic (exact) mass is 452 g/mol. The maximum atomic E-state index is 12.8. The second kappa shape index (κ2) is 8.69. The standard InChI is InChI=1S/C19H14Cl2N2O5S/c1-9-14(19(26)27-2)18(23-16(24)13-4-3-7-28-13)29-15(9)17(25)22-12-8-10(20)5-6-11(12)21/h3-8H,1-2H3,(H,22,25)(H,23,24). The summed E-state index contributed by atoms with van der Waals surface area (Å²) in [5.74, 6) is -1.71. The van der Waals surface area contributed by atoms with E-state index >= 15 is 0 Å². The molecule has 2 heterocycles. The number of furan rings is 1. The number of halogens is 2. The molecule has 2 aromatic heterocycles. The normalized spacial score (nSPS) is 10.5. The molecule has 0 spiro atoms. The van der Waals surface area contributed by atoms with Gasteiger partial charge < -0.3 is 19.8 Å². The predicted octanol–water partition coefficient (Wildman–Crippen LogP) is 5.25. The summed E-state index contributed by atoms with van der Waals surface area (Å²) in [5.41, 5.74) is 0.754. The number of ether oxygens (including phenoxy) is 1. The highest BCUT2D eigenvalue weighted by molar-refractivity contribution is 7.19. The summed E-state index contributed by atoms with van der Waals surface area (Å²) in [6.07, 6.45) is 1.35. The first-order valence-electron chi connectivity index (χ1n) is 8.14. The van der Waals surface area contributed by atoms with Crippen LogP contribution in [0, 0.1) is 6.92 Å². The summed E-state index contributed by atoms with van der Waals surface area (Å²) in [4.78, 5) is 37.6. The lowest BCUT2D eigenvalue weighted by molar-refractivity contribution is 0.0601. The lowest BCUT2D eigenvalue weighted by Gasteiger charge is -2.07. The molecule has 0 aliphatic carbocycles. The molecule has 0 unspecified atom stereocenters. The third-order valence-corrected chi connectivity index (χ3v) is 5.66. The van der Waals surface area contributed by atoms with E-state index in [0.717, 1.165) is 11.3 Å².